The fraction of sp³-hybridized carbons (Fsp3) is 1.00. The predicted octanol–water partition coefficient (Wildman–Crippen LogP) is 1.76. The van der Waals surface area contributed by atoms with E-state index in [1.807, 2.05) is 0 Å². The molecule has 0 amide bonds. The second kappa shape index (κ2) is 3.39. The van der Waals surface area contributed by atoms with Crippen molar-refractivity contribution in [2.45, 2.75) is 45.3 Å². The summed E-state index contributed by atoms with van der Waals surface area (Å²) in [5.41, 5.74) is 0. The lowest BCUT2D eigenvalue weighted by Gasteiger charge is -2.34. The highest BCUT2D eigenvalue weighted by Gasteiger charge is 2.40. The summed E-state index contributed by atoms with van der Waals surface area (Å²) < 4.78 is 10.9. The van der Waals surface area contributed by atoms with Crippen LogP contribution < -0.4 is 0 Å². The van der Waals surface area contributed by atoms with Crippen LogP contribution in [0.25, 0.3) is 0 Å². The molecule has 1 heterocycles. The third kappa shape index (κ3) is 1.40. The van der Waals surface area contributed by atoms with Crippen molar-refractivity contribution in [3.05, 3.63) is 0 Å². The standard InChI is InChI=1S/C9H16BO2/c1-6(2)7-4-3-5-8-9(7)12-10-11-8/h6-9H,3-5H2,1-2H3. The van der Waals surface area contributed by atoms with Gasteiger partial charge in [0.05, 0.1) is 12.2 Å². The Balaban J connectivity index is 2.03. The minimum Gasteiger partial charge on any atom is -0.408 e. The van der Waals surface area contributed by atoms with Crippen molar-refractivity contribution in [2.24, 2.45) is 11.8 Å². The molecule has 1 saturated carbocycles. The molecule has 2 rings (SSSR count). The van der Waals surface area contributed by atoms with Gasteiger partial charge in [-0.25, -0.2) is 0 Å². The molecule has 0 N–H and O–H groups in total. The van der Waals surface area contributed by atoms with Gasteiger partial charge in [0.15, 0.2) is 0 Å². The van der Waals surface area contributed by atoms with E-state index in [0.29, 0.717) is 24.0 Å². The summed E-state index contributed by atoms with van der Waals surface area (Å²) in [6, 6.07) is 0. The van der Waals surface area contributed by atoms with Crippen molar-refractivity contribution in [2.75, 3.05) is 0 Å². The second-order valence-electron chi connectivity index (χ2n) is 4.21. The minimum absolute atomic E-state index is 0.346. The molecule has 0 aromatic heterocycles. The molecule has 1 saturated heterocycles. The molecular formula is C9H16BO2. The van der Waals surface area contributed by atoms with E-state index in [1.54, 1.807) is 0 Å². The summed E-state index contributed by atoms with van der Waals surface area (Å²) in [6.45, 7) is 4.55. The highest BCUT2D eigenvalue weighted by molar-refractivity contribution is 6.19. The Hall–Kier alpha value is -0.0151. The Kier molecular flexibility index (Phi) is 2.42. The number of hydrogen-bond acceptors (Lipinski definition) is 2. The summed E-state index contributed by atoms with van der Waals surface area (Å²) in [5, 5.41) is 0. The normalized spacial score (nSPS) is 41.1. The van der Waals surface area contributed by atoms with E-state index in [9.17, 15) is 0 Å². The molecule has 3 atom stereocenters. The fourth-order valence-corrected chi connectivity index (χ4v) is 2.37. The zero-order valence-corrected chi connectivity index (χ0v) is 7.82. The largest absolute Gasteiger partial charge is 0.488 e. The monoisotopic (exact) mass is 167 g/mol. The van der Waals surface area contributed by atoms with Crippen LogP contribution in [-0.2, 0) is 9.31 Å². The van der Waals surface area contributed by atoms with Crippen LogP contribution in [-0.4, -0.2) is 19.9 Å². The first-order chi connectivity index (χ1) is 5.79. The van der Waals surface area contributed by atoms with Crippen LogP contribution in [0.3, 0.4) is 0 Å². The van der Waals surface area contributed by atoms with Crippen molar-refractivity contribution >= 4 is 7.69 Å². The number of hydrogen-bond donors (Lipinski definition) is 0. The van der Waals surface area contributed by atoms with Crippen LogP contribution in [0.1, 0.15) is 33.1 Å². The van der Waals surface area contributed by atoms with Crippen LogP contribution in [0.5, 0.6) is 0 Å². The fourth-order valence-electron chi connectivity index (χ4n) is 2.37. The molecule has 0 spiro atoms. The summed E-state index contributed by atoms with van der Waals surface area (Å²) in [5.74, 6) is 1.41. The Morgan fingerprint density at radius 3 is 2.83 bits per heavy atom. The molecule has 3 heteroatoms. The first-order valence-electron chi connectivity index (χ1n) is 4.91. The molecule has 2 aliphatic rings. The smallest absolute Gasteiger partial charge is 0.408 e. The van der Waals surface area contributed by atoms with E-state index < -0.39 is 0 Å². The van der Waals surface area contributed by atoms with Crippen LogP contribution in [0.2, 0.25) is 0 Å². The lowest BCUT2D eigenvalue weighted by molar-refractivity contribution is 0.0368. The maximum atomic E-state index is 5.48. The van der Waals surface area contributed by atoms with Gasteiger partial charge in [0.1, 0.15) is 0 Å². The zero-order valence-electron chi connectivity index (χ0n) is 7.82. The van der Waals surface area contributed by atoms with Crippen molar-refractivity contribution < 1.29 is 9.31 Å². The van der Waals surface area contributed by atoms with Crippen LogP contribution >= 0.6 is 0 Å². The molecular weight excluding hydrogens is 151 g/mol. The molecule has 2 nitrogen and oxygen atoms in total. The third-order valence-corrected chi connectivity index (χ3v) is 3.11. The van der Waals surface area contributed by atoms with E-state index in [1.165, 1.54) is 26.9 Å². The van der Waals surface area contributed by atoms with Crippen LogP contribution in [0.4, 0.5) is 0 Å². The summed E-state index contributed by atoms with van der Waals surface area (Å²) in [7, 11) is 1.54. The van der Waals surface area contributed by atoms with Gasteiger partial charge in [-0.1, -0.05) is 20.3 Å². The maximum Gasteiger partial charge on any atom is 0.488 e. The van der Waals surface area contributed by atoms with Gasteiger partial charge in [-0.15, -0.1) is 0 Å². The van der Waals surface area contributed by atoms with E-state index in [2.05, 4.69) is 13.8 Å². The molecule has 12 heavy (non-hydrogen) atoms. The SMILES string of the molecule is CC(C)C1CCCC2O[B]OC21. The van der Waals surface area contributed by atoms with Gasteiger partial charge in [-0.2, -0.15) is 0 Å². The second-order valence-corrected chi connectivity index (χ2v) is 4.21. The summed E-state index contributed by atoms with van der Waals surface area (Å²) >= 11 is 0. The lowest BCUT2D eigenvalue weighted by atomic mass is 9.78. The Morgan fingerprint density at radius 1 is 1.25 bits per heavy atom. The van der Waals surface area contributed by atoms with E-state index >= 15 is 0 Å². The van der Waals surface area contributed by atoms with Crippen molar-refractivity contribution in [1.29, 1.82) is 0 Å². The molecule has 1 radical (unpaired) electrons. The molecule has 1 aliphatic heterocycles. The average Bonchev–Trinajstić information content (AvgIpc) is 2.49. The third-order valence-electron chi connectivity index (χ3n) is 3.11. The van der Waals surface area contributed by atoms with Gasteiger partial charge in [0, 0.05) is 0 Å². The zero-order chi connectivity index (χ0) is 8.55. The van der Waals surface area contributed by atoms with Gasteiger partial charge < -0.3 is 9.31 Å². The van der Waals surface area contributed by atoms with Crippen molar-refractivity contribution in [1.82, 2.24) is 0 Å². The van der Waals surface area contributed by atoms with Gasteiger partial charge >= 0.3 is 7.69 Å². The summed E-state index contributed by atoms with van der Waals surface area (Å²) in [4.78, 5) is 0. The highest BCUT2D eigenvalue weighted by atomic mass is 16.6. The Morgan fingerprint density at radius 2 is 2.08 bits per heavy atom. The average molecular weight is 167 g/mol. The first kappa shape index (κ1) is 8.58. The molecule has 3 unspecified atom stereocenters. The first-order valence-corrected chi connectivity index (χ1v) is 4.91. The molecule has 1 aliphatic carbocycles. The quantitative estimate of drug-likeness (QED) is 0.554. The van der Waals surface area contributed by atoms with Gasteiger partial charge in [-0.3, -0.25) is 0 Å². The summed E-state index contributed by atoms with van der Waals surface area (Å²) in [6.07, 6.45) is 4.46. The van der Waals surface area contributed by atoms with Crippen LogP contribution in [0.15, 0.2) is 0 Å². The van der Waals surface area contributed by atoms with Crippen molar-refractivity contribution in [3.63, 3.8) is 0 Å². The maximum absolute atomic E-state index is 5.48. The van der Waals surface area contributed by atoms with E-state index in [4.69, 9.17) is 9.31 Å². The minimum atomic E-state index is 0.346. The molecule has 0 bridgehead atoms. The highest BCUT2D eigenvalue weighted by Crippen LogP contribution is 2.36. The molecule has 0 aromatic carbocycles. The van der Waals surface area contributed by atoms with E-state index in [-0.39, 0.29) is 0 Å². The molecule has 67 valence electrons. The topological polar surface area (TPSA) is 18.5 Å². The predicted molar refractivity (Wildman–Crippen MR) is 47.7 cm³/mol. The van der Waals surface area contributed by atoms with Gasteiger partial charge in [0.2, 0.25) is 0 Å². The van der Waals surface area contributed by atoms with Gasteiger partial charge in [-0.05, 0) is 24.7 Å². The molecule has 2 fully saturated rings. The van der Waals surface area contributed by atoms with Crippen LogP contribution in [0, 0.1) is 11.8 Å². The lowest BCUT2D eigenvalue weighted by Crippen LogP contribution is -2.37. The van der Waals surface area contributed by atoms with Crippen molar-refractivity contribution in [3.8, 4) is 0 Å². The van der Waals surface area contributed by atoms with E-state index in [0.717, 1.165) is 0 Å². The molecule has 0 aromatic rings. The Bertz CT molecular complexity index is 161. The number of fused-ring (bicyclic) bond motifs is 1. The number of rotatable bonds is 1. The Labute approximate surface area is 74.9 Å². The van der Waals surface area contributed by atoms with Gasteiger partial charge in [0.25, 0.3) is 0 Å².